The van der Waals surface area contributed by atoms with E-state index in [0.29, 0.717) is 18.4 Å². The van der Waals surface area contributed by atoms with Gasteiger partial charge in [-0.25, -0.2) is 9.18 Å². The van der Waals surface area contributed by atoms with E-state index in [0.717, 1.165) is 17.1 Å². The zero-order valence-electron chi connectivity index (χ0n) is 12.6. The molecule has 0 saturated heterocycles. The molecule has 0 aliphatic carbocycles. The summed E-state index contributed by atoms with van der Waals surface area (Å²) >= 11 is 0. The minimum absolute atomic E-state index is 0.229. The van der Waals surface area contributed by atoms with Crippen LogP contribution in [0.1, 0.15) is 34.6 Å². The minimum atomic E-state index is -0.403. The molecule has 5 heteroatoms. The number of halogens is 1. The monoisotopic (exact) mass is 300 g/mol. The Bertz CT molecular complexity index is 711. The first-order valence-corrected chi connectivity index (χ1v) is 7.03. The Morgan fingerprint density at radius 2 is 2.00 bits per heavy atom. The van der Waals surface area contributed by atoms with E-state index in [4.69, 9.17) is 10.00 Å². The average Bonchev–Trinajstić information content (AvgIpc) is 2.80. The summed E-state index contributed by atoms with van der Waals surface area (Å²) < 4.78 is 20.1. The summed E-state index contributed by atoms with van der Waals surface area (Å²) in [5, 5.41) is 8.46. The van der Waals surface area contributed by atoms with Crippen molar-refractivity contribution in [3.05, 3.63) is 53.1 Å². The Hall–Kier alpha value is -2.61. The number of benzene rings is 1. The summed E-state index contributed by atoms with van der Waals surface area (Å²) in [5.74, 6) is -0.706. The molecule has 0 atom stereocenters. The van der Waals surface area contributed by atoms with E-state index in [-0.39, 0.29) is 12.4 Å². The van der Waals surface area contributed by atoms with Crippen LogP contribution in [0.15, 0.2) is 30.3 Å². The molecule has 0 amide bonds. The van der Waals surface area contributed by atoms with Crippen LogP contribution in [0.25, 0.3) is 5.69 Å². The van der Waals surface area contributed by atoms with E-state index in [1.54, 1.807) is 18.2 Å². The molecule has 0 aliphatic heterocycles. The Morgan fingerprint density at radius 1 is 1.32 bits per heavy atom. The molecular formula is C17H17FN2O2. The van der Waals surface area contributed by atoms with Gasteiger partial charge in [0.05, 0.1) is 18.2 Å². The van der Waals surface area contributed by atoms with Crippen molar-refractivity contribution in [1.82, 2.24) is 4.57 Å². The number of aryl methyl sites for hydroxylation is 1. The number of ether oxygens (including phenoxy) is 1. The number of hydrogen-bond donors (Lipinski definition) is 0. The fraction of sp³-hybridized carbons (Fsp3) is 0.294. The number of unbranched alkanes of at least 4 members (excludes halogenated alkanes) is 1. The van der Waals surface area contributed by atoms with Gasteiger partial charge in [-0.05, 0) is 50.6 Å². The summed E-state index contributed by atoms with van der Waals surface area (Å²) in [6.45, 7) is 3.93. The van der Waals surface area contributed by atoms with Crippen LogP contribution in [-0.4, -0.2) is 17.1 Å². The molecule has 0 fully saturated rings. The van der Waals surface area contributed by atoms with E-state index in [1.165, 1.54) is 12.1 Å². The van der Waals surface area contributed by atoms with Gasteiger partial charge in [0.1, 0.15) is 5.82 Å². The fourth-order valence-corrected chi connectivity index (χ4v) is 2.35. The number of nitrogens with zero attached hydrogens (tertiary/aromatic N) is 2. The third-order valence-electron chi connectivity index (χ3n) is 3.40. The maximum atomic E-state index is 13.0. The Kier molecular flexibility index (Phi) is 4.95. The molecule has 0 saturated carbocycles. The van der Waals surface area contributed by atoms with Crippen LogP contribution in [0, 0.1) is 31.0 Å². The van der Waals surface area contributed by atoms with Crippen LogP contribution in [-0.2, 0) is 4.74 Å². The summed E-state index contributed by atoms with van der Waals surface area (Å²) in [4.78, 5) is 12.1. The highest BCUT2D eigenvalue weighted by atomic mass is 19.1. The van der Waals surface area contributed by atoms with Gasteiger partial charge in [0, 0.05) is 23.5 Å². The lowest BCUT2D eigenvalue weighted by atomic mass is 10.2. The van der Waals surface area contributed by atoms with Gasteiger partial charge in [0.25, 0.3) is 0 Å². The van der Waals surface area contributed by atoms with Crippen molar-refractivity contribution in [2.24, 2.45) is 0 Å². The molecule has 2 rings (SSSR count). The lowest BCUT2D eigenvalue weighted by Crippen LogP contribution is -2.08. The third kappa shape index (κ3) is 3.34. The molecular weight excluding hydrogens is 283 g/mol. The summed E-state index contributed by atoms with van der Waals surface area (Å²) in [5.41, 5.74) is 2.89. The Balaban J connectivity index is 2.22. The van der Waals surface area contributed by atoms with Crippen LogP contribution in [0.2, 0.25) is 0 Å². The van der Waals surface area contributed by atoms with Crippen molar-refractivity contribution in [1.29, 1.82) is 5.26 Å². The van der Waals surface area contributed by atoms with Crippen molar-refractivity contribution < 1.29 is 13.9 Å². The number of aromatic nitrogens is 1. The fourth-order valence-electron chi connectivity index (χ4n) is 2.35. The SMILES string of the molecule is Cc1cc(C(=O)OCCCC#N)c(C)n1-c1ccc(F)cc1. The zero-order chi connectivity index (χ0) is 16.1. The van der Waals surface area contributed by atoms with Gasteiger partial charge in [-0.1, -0.05) is 0 Å². The number of hydrogen-bond acceptors (Lipinski definition) is 3. The second-order valence-electron chi connectivity index (χ2n) is 4.99. The lowest BCUT2D eigenvalue weighted by Gasteiger charge is -2.10. The quantitative estimate of drug-likeness (QED) is 0.625. The van der Waals surface area contributed by atoms with Crippen molar-refractivity contribution in [2.45, 2.75) is 26.7 Å². The van der Waals surface area contributed by atoms with Gasteiger partial charge in [0.15, 0.2) is 0 Å². The molecule has 1 aromatic heterocycles. The molecule has 1 aromatic carbocycles. The van der Waals surface area contributed by atoms with Crippen LogP contribution in [0.3, 0.4) is 0 Å². The van der Waals surface area contributed by atoms with E-state index in [9.17, 15) is 9.18 Å². The standard InChI is InChI=1S/C17H17FN2O2/c1-12-11-16(17(21)22-10-4-3-9-19)13(2)20(12)15-7-5-14(18)6-8-15/h5-8,11H,3-4,10H2,1-2H3. The first kappa shape index (κ1) is 15.8. The lowest BCUT2D eigenvalue weighted by molar-refractivity contribution is 0.0501. The summed E-state index contributed by atoms with van der Waals surface area (Å²) in [7, 11) is 0. The minimum Gasteiger partial charge on any atom is -0.462 e. The number of esters is 1. The molecule has 0 spiro atoms. The van der Waals surface area contributed by atoms with Gasteiger partial charge < -0.3 is 9.30 Å². The van der Waals surface area contributed by atoms with Gasteiger partial charge >= 0.3 is 5.97 Å². The van der Waals surface area contributed by atoms with E-state index in [2.05, 4.69) is 0 Å². The largest absolute Gasteiger partial charge is 0.462 e. The van der Waals surface area contributed by atoms with Crippen LogP contribution in [0.5, 0.6) is 0 Å². The van der Waals surface area contributed by atoms with Crippen molar-refractivity contribution in [2.75, 3.05) is 6.61 Å². The second-order valence-corrected chi connectivity index (χ2v) is 4.99. The topological polar surface area (TPSA) is 55.0 Å². The molecule has 1 heterocycles. The highest BCUT2D eigenvalue weighted by Gasteiger charge is 2.17. The van der Waals surface area contributed by atoms with E-state index >= 15 is 0 Å². The highest BCUT2D eigenvalue weighted by molar-refractivity contribution is 5.91. The number of nitriles is 1. The predicted octanol–water partition coefficient (Wildman–Crippen LogP) is 3.69. The van der Waals surface area contributed by atoms with Gasteiger partial charge in [0.2, 0.25) is 0 Å². The predicted molar refractivity (Wildman–Crippen MR) is 80.3 cm³/mol. The first-order valence-electron chi connectivity index (χ1n) is 7.03. The second kappa shape index (κ2) is 6.90. The van der Waals surface area contributed by atoms with Crippen molar-refractivity contribution >= 4 is 5.97 Å². The highest BCUT2D eigenvalue weighted by Crippen LogP contribution is 2.21. The smallest absolute Gasteiger partial charge is 0.339 e. The normalized spacial score (nSPS) is 10.3. The van der Waals surface area contributed by atoms with Crippen LogP contribution >= 0.6 is 0 Å². The summed E-state index contributed by atoms with van der Waals surface area (Å²) in [6.07, 6.45) is 0.890. The number of rotatable bonds is 5. The number of carbonyl (C=O) groups excluding carboxylic acids is 1. The molecule has 0 bridgehead atoms. The Labute approximate surface area is 128 Å². The van der Waals surface area contributed by atoms with Crippen LogP contribution in [0.4, 0.5) is 4.39 Å². The van der Waals surface area contributed by atoms with Crippen molar-refractivity contribution in [3.8, 4) is 11.8 Å². The van der Waals surface area contributed by atoms with Crippen LogP contribution < -0.4 is 0 Å². The molecule has 0 radical (unpaired) electrons. The first-order chi connectivity index (χ1) is 10.5. The summed E-state index contributed by atoms with van der Waals surface area (Å²) in [6, 6.07) is 9.86. The van der Waals surface area contributed by atoms with Gasteiger partial charge in [-0.2, -0.15) is 5.26 Å². The van der Waals surface area contributed by atoms with Gasteiger partial charge in [-0.3, -0.25) is 0 Å². The molecule has 4 nitrogen and oxygen atoms in total. The Morgan fingerprint density at radius 3 is 2.64 bits per heavy atom. The molecule has 22 heavy (non-hydrogen) atoms. The maximum Gasteiger partial charge on any atom is 0.339 e. The van der Waals surface area contributed by atoms with Crippen molar-refractivity contribution in [3.63, 3.8) is 0 Å². The van der Waals surface area contributed by atoms with Gasteiger partial charge in [-0.15, -0.1) is 0 Å². The third-order valence-corrected chi connectivity index (χ3v) is 3.40. The molecule has 0 unspecified atom stereocenters. The van der Waals surface area contributed by atoms with E-state index < -0.39 is 5.97 Å². The number of carbonyl (C=O) groups is 1. The van der Waals surface area contributed by atoms with E-state index in [1.807, 2.05) is 24.5 Å². The molecule has 2 aromatic rings. The maximum absolute atomic E-state index is 13.0. The molecule has 0 aliphatic rings. The molecule has 114 valence electrons. The molecule has 0 N–H and O–H groups in total. The zero-order valence-corrected chi connectivity index (χ0v) is 12.6. The average molecular weight is 300 g/mol.